The number of aromatic nitrogens is 4. The summed E-state index contributed by atoms with van der Waals surface area (Å²) in [4.78, 5) is 22.5. The van der Waals surface area contributed by atoms with E-state index in [4.69, 9.17) is 0 Å². The monoisotopic (exact) mass is 550 g/mol. The Hall–Kier alpha value is -3.75. The van der Waals surface area contributed by atoms with Crippen molar-refractivity contribution in [1.29, 1.82) is 0 Å². The largest absolute Gasteiger partial charge is 0.357 e. The molecule has 0 atom stereocenters. The highest BCUT2D eigenvalue weighted by Gasteiger charge is 2.24. The number of hydrogen-bond donors (Lipinski definition) is 0. The molecule has 1 aliphatic rings. The fourth-order valence-corrected chi connectivity index (χ4v) is 4.61. The van der Waals surface area contributed by atoms with Crippen LogP contribution in [-0.2, 0) is 0 Å². The number of rotatable bonds is 9. The normalized spacial score (nSPS) is 14.5. The van der Waals surface area contributed by atoms with Gasteiger partial charge in [-0.3, -0.25) is 9.78 Å². The highest BCUT2D eigenvalue weighted by atomic mass is 19.2. The van der Waals surface area contributed by atoms with Crippen LogP contribution in [0.1, 0.15) is 89.5 Å². The van der Waals surface area contributed by atoms with Crippen molar-refractivity contribution in [1.82, 2.24) is 24.9 Å². The van der Waals surface area contributed by atoms with Gasteiger partial charge >= 0.3 is 0 Å². The number of aliphatic imine (C=N–C) groups is 1. The molecular weight excluding hydrogens is 510 g/mol. The Morgan fingerprint density at radius 3 is 2.42 bits per heavy atom. The molecule has 1 saturated heterocycles. The molecule has 3 aromatic rings. The number of unbranched alkanes of at least 4 members (excludes halogenated alkanes) is 2. The molecule has 0 radical (unpaired) electrons. The van der Waals surface area contributed by atoms with Gasteiger partial charge in [0, 0.05) is 24.9 Å². The molecule has 2 aromatic heterocycles. The molecular formula is C31H40F2N6O. The van der Waals surface area contributed by atoms with E-state index in [0.29, 0.717) is 5.52 Å². The molecule has 0 N–H and O–H groups in total. The number of allylic oxidation sites excluding steroid dienone is 2. The smallest absolute Gasteiger partial charge is 0.170 e. The molecule has 40 heavy (non-hydrogen) atoms. The minimum atomic E-state index is -1.17. The maximum atomic E-state index is 14.6. The van der Waals surface area contributed by atoms with Crippen LogP contribution in [0.5, 0.6) is 0 Å². The Morgan fingerprint density at radius 2 is 1.85 bits per heavy atom. The lowest BCUT2D eigenvalue weighted by Gasteiger charge is -2.33. The van der Waals surface area contributed by atoms with Crippen LogP contribution in [0.3, 0.4) is 0 Å². The summed E-state index contributed by atoms with van der Waals surface area (Å²) in [6.07, 6.45) is 12.2. The SMILES string of the molecule is C=C(/N=C\C(=C/C)CC)N1CCC(n2nnc3cc(-c4ccc(C(C)=O)c(F)c4F)ncc32)CC1.CCCCC. The number of halogens is 2. The topological polar surface area (TPSA) is 76.3 Å². The second kappa shape index (κ2) is 14.6. The molecule has 0 spiro atoms. The third-order valence-electron chi connectivity index (χ3n) is 7.14. The number of likely N-dealkylation sites (tertiary alicyclic amines) is 1. The van der Waals surface area contributed by atoms with E-state index >= 15 is 0 Å². The highest BCUT2D eigenvalue weighted by molar-refractivity contribution is 5.95. The first-order valence-electron chi connectivity index (χ1n) is 14.1. The zero-order valence-electron chi connectivity index (χ0n) is 24.3. The number of piperidine rings is 1. The molecule has 1 fully saturated rings. The van der Waals surface area contributed by atoms with Crippen molar-refractivity contribution in [2.45, 2.75) is 79.2 Å². The zero-order valence-corrected chi connectivity index (χ0v) is 24.3. The number of pyridine rings is 1. The van der Waals surface area contributed by atoms with E-state index in [2.05, 4.69) is 52.5 Å². The maximum absolute atomic E-state index is 14.6. The van der Waals surface area contributed by atoms with E-state index in [1.165, 1.54) is 43.9 Å². The van der Waals surface area contributed by atoms with Crippen LogP contribution in [0.15, 0.2) is 53.4 Å². The summed E-state index contributed by atoms with van der Waals surface area (Å²) in [5.41, 5.74) is 2.35. The number of benzene rings is 1. The standard InChI is InChI=1S/C26H28F2N6O.C5H12/c1-5-18(6-2)14-29-17(4)33-11-9-19(10-12-33)34-24-15-30-22(13-23(24)31-32-34)21-8-7-20(16(3)35)25(27)26(21)28;1-3-5-4-2/h5,7-8,13-15,19H,4,6,9-12H2,1-3H3;3-5H2,1-2H3/b18-5-,29-14-;. The van der Waals surface area contributed by atoms with E-state index in [-0.39, 0.29) is 22.9 Å². The van der Waals surface area contributed by atoms with Crippen molar-refractivity contribution in [2.75, 3.05) is 13.1 Å². The molecule has 7 nitrogen and oxygen atoms in total. The van der Waals surface area contributed by atoms with Gasteiger partial charge in [-0.15, -0.1) is 5.10 Å². The Morgan fingerprint density at radius 1 is 1.15 bits per heavy atom. The van der Waals surface area contributed by atoms with Crippen LogP contribution in [0, 0.1) is 11.6 Å². The quantitative estimate of drug-likeness (QED) is 0.201. The predicted octanol–water partition coefficient (Wildman–Crippen LogP) is 7.71. The van der Waals surface area contributed by atoms with E-state index < -0.39 is 17.4 Å². The third-order valence-corrected chi connectivity index (χ3v) is 7.14. The van der Waals surface area contributed by atoms with Crippen molar-refractivity contribution in [3.8, 4) is 11.3 Å². The first kappa shape index (κ1) is 30.8. The molecule has 1 aliphatic heterocycles. The molecule has 4 rings (SSSR count). The molecule has 1 aromatic carbocycles. The number of Topliss-reactive ketones (excluding diaryl/α,β-unsaturated/α-hetero) is 1. The van der Waals surface area contributed by atoms with Gasteiger partial charge in [-0.05, 0) is 56.9 Å². The van der Waals surface area contributed by atoms with Gasteiger partial charge in [-0.1, -0.05) is 57.9 Å². The van der Waals surface area contributed by atoms with E-state index in [1.807, 2.05) is 23.9 Å². The van der Waals surface area contributed by atoms with Crippen molar-refractivity contribution in [2.24, 2.45) is 4.99 Å². The molecule has 9 heteroatoms. The van der Waals surface area contributed by atoms with Gasteiger partial charge in [-0.25, -0.2) is 18.5 Å². The minimum absolute atomic E-state index is 0.0273. The van der Waals surface area contributed by atoms with Crippen molar-refractivity contribution in [3.05, 3.63) is 65.6 Å². The first-order valence-corrected chi connectivity index (χ1v) is 14.1. The van der Waals surface area contributed by atoms with Gasteiger partial charge in [0.25, 0.3) is 0 Å². The summed E-state index contributed by atoms with van der Waals surface area (Å²) in [5.74, 6) is -2.07. The number of ketones is 1. The van der Waals surface area contributed by atoms with Crippen LogP contribution in [0.4, 0.5) is 8.78 Å². The van der Waals surface area contributed by atoms with Crippen LogP contribution in [-0.4, -0.2) is 50.0 Å². The van der Waals surface area contributed by atoms with E-state index in [1.54, 1.807) is 12.3 Å². The van der Waals surface area contributed by atoms with Gasteiger partial charge in [0.1, 0.15) is 16.9 Å². The fraction of sp³-hybridized carbons (Fsp3) is 0.452. The van der Waals surface area contributed by atoms with Gasteiger partial charge in [0.05, 0.1) is 23.5 Å². The molecule has 0 aliphatic carbocycles. The van der Waals surface area contributed by atoms with E-state index in [9.17, 15) is 13.6 Å². The Balaban J connectivity index is 0.000000810. The van der Waals surface area contributed by atoms with Crippen molar-refractivity contribution in [3.63, 3.8) is 0 Å². The lowest BCUT2D eigenvalue weighted by molar-refractivity contribution is 0.101. The lowest BCUT2D eigenvalue weighted by atomic mass is 10.0. The number of carbonyl (C=O) groups excluding carboxylic acids is 1. The lowest BCUT2D eigenvalue weighted by Crippen LogP contribution is -2.33. The van der Waals surface area contributed by atoms with E-state index in [0.717, 1.165) is 43.7 Å². The summed E-state index contributed by atoms with van der Waals surface area (Å²) in [5, 5.41) is 8.56. The fourth-order valence-electron chi connectivity index (χ4n) is 4.61. The predicted molar refractivity (Wildman–Crippen MR) is 157 cm³/mol. The number of nitrogens with zero attached hydrogens (tertiary/aromatic N) is 6. The second-order valence-electron chi connectivity index (χ2n) is 9.90. The summed E-state index contributed by atoms with van der Waals surface area (Å²) >= 11 is 0. The number of hydrogen-bond acceptors (Lipinski definition) is 6. The van der Waals surface area contributed by atoms with Gasteiger partial charge in [-0.2, -0.15) is 0 Å². The van der Waals surface area contributed by atoms with Crippen LogP contribution < -0.4 is 0 Å². The average Bonchev–Trinajstić information content (AvgIpc) is 3.39. The summed E-state index contributed by atoms with van der Waals surface area (Å²) in [7, 11) is 0. The molecule has 0 bridgehead atoms. The number of fused-ring (bicyclic) bond motifs is 1. The zero-order chi connectivity index (χ0) is 29.2. The Kier molecular flexibility index (Phi) is 11.2. The second-order valence-corrected chi connectivity index (χ2v) is 9.90. The minimum Gasteiger partial charge on any atom is -0.357 e. The first-order chi connectivity index (χ1) is 19.2. The Labute approximate surface area is 235 Å². The van der Waals surface area contributed by atoms with Gasteiger partial charge in [0.15, 0.2) is 17.4 Å². The molecule has 0 unspecified atom stereocenters. The molecule has 214 valence electrons. The van der Waals surface area contributed by atoms with Gasteiger partial charge < -0.3 is 4.90 Å². The summed E-state index contributed by atoms with van der Waals surface area (Å²) < 4.78 is 30.8. The van der Waals surface area contributed by atoms with Gasteiger partial charge in [0.2, 0.25) is 0 Å². The highest BCUT2D eigenvalue weighted by Crippen LogP contribution is 2.30. The molecule has 0 amide bonds. The maximum Gasteiger partial charge on any atom is 0.170 e. The number of carbonyl (C=O) groups is 1. The third kappa shape index (κ3) is 7.25. The molecule has 0 saturated carbocycles. The molecule has 3 heterocycles. The van der Waals surface area contributed by atoms with Crippen LogP contribution in [0.2, 0.25) is 0 Å². The van der Waals surface area contributed by atoms with Crippen LogP contribution >= 0.6 is 0 Å². The van der Waals surface area contributed by atoms with Crippen molar-refractivity contribution >= 4 is 23.0 Å². The van der Waals surface area contributed by atoms with Crippen molar-refractivity contribution < 1.29 is 13.6 Å². The summed E-state index contributed by atoms with van der Waals surface area (Å²) in [6, 6.07) is 4.35. The average molecular weight is 551 g/mol. The summed E-state index contributed by atoms with van der Waals surface area (Å²) in [6.45, 7) is 15.4. The Bertz CT molecular complexity index is 1380. The van der Waals surface area contributed by atoms with Crippen LogP contribution in [0.25, 0.3) is 22.3 Å².